The summed E-state index contributed by atoms with van der Waals surface area (Å²) in [7, 11) is -1.77. The highest BCUT2D eigenvalue weighted by Crippen LogP contribution is 2.73. The molecule has 5 heteroatoms. The first-order valence-corrected chi connectivity index (χ1v) is 17.9. The van der Waals surface area contributed by atoms with Crippen molar-refractivity contribution in [3.63, 3.8) is 0 Å². The monoisotopic (exact) mass is 651 g/mol. The van der Waals surface area contributed by atoms with Crippen LogP contribution in [-0.4, -0.2) is 10.2 Å². The molecule has 0 aliphatic heterocycles. The van der Waals surface area contributed by atoms with Crippen molar-refractivity contribution in [2.24, 2.45) is 0 Å². The number of para-hydroxylation sites is 2. The van der Waals surface area contributed by atoms with Gasteiger partial charge in [-0.3, -0.25) is 0 Å². The lowest BCUT2D eigenvalue weighted by Crippen LogP contribution is -2.09. The number of rotatable bonds is 9. The van der Waals surface area contributed by atoms with E-state index in [1.807, 2.05) is 24.3 Å². The van der Waals surface area contributed by atoms with Gasteiger partial charge >= 0.3 is 0 Å². The van der Waals surface area contributed by atoms with E-state index < -0.39 is 10.0 Å². The molecule has 0 atom stereocenters. The first kappa shape index (κ1) is 30.2. The van der Waals surface area contributed by atoms with E-state index in [1.54, 1.807) is 0 Å². The van der Waals surface area contributed by atoms with Crippen LogP contribution in [0.3, 0.4) is 0 Å². The zero-order valence-electron chi connectivity index (χ0n) is 26.7. The average Bonchev–Trinajstić information content (AvgIpc) is 3.69. The van der Waals surface area contributed by atoms with Gasteiger partial charge in [-0.2, -0.15) is 0 Å². The normalized spacial score (nSPS) is 11.6. The molecule has 1 heterocycles. The van der Waals surface area contributed by atoms with Gasteiger partial charge in [0.1, 0.15) is 0 Å². The Hall–Kier alpha value is -6.17. The molecule has 0 aliphatic carbocycles. The predicted molar refractivity (Wildman–Crippen MR) is 200 cm³/mol. The first-order chi connectivity index (χ1) is 24.3. The van der Waals surface area contributed by atoms with Gasteiger partial charge in [0.15, 0.2) is 0 Å². The van der Waals surface area contributed by atoms with Crippen molar-refractivity contribution in [1.82, 2.24) is 10.2 Å². The molecule has 0 bridgehead atoms. The lowest BCUT2D eigenvalue weighted by molar-refractivity contribution is 0.584. The summed E-state index contributed by atoms with van der Waals surface area (Å²) >= 11 is 0. The Morgan fingerprint density at radius 1 is 0.327 bits per heavy atom. The van der Waals surface area contributed by atoms with Crippen LogP contribution in [0.25, 0.3) is 22.9 Å². The van der Waals surface area contributed by atoms with Gasteiger partial charge in [0.2, 0.25) is 11.8 Å². The molecule has 0 radical (unpaired) electrons. The third-order valence-electron chi connectivity index (χ3n) is 8.57. The van der Waals surface area contributed by atoms with E-state index in [1.165, 1.54) is 19.6 Å². The Morgan fingerprint density at radius 2 is 0.633 bits per heavy atom. The van der Waals surface area contributed by atoms with Crippen molar-refractivity contribution in [2.75, 3.05) is 4.90 Å². The summed E-state index contributed by atoms with van der Waals surface area (Å²) in [5, 5.41) is 8.90. The Balaban J connectivity index is 1.13. The summed E-state index contributed by atoms with van der Waals surface area (Å²) in [6.45, 7) is 0. The second-order valence-corrected chi connectivity index (χ2v) is 14.7. The molecule has 8 rings (SSSR count). The lowest BCUT2D eigenvalue weighted by atomic mass is 10.1. The predicted octanol–water partition coefficient (Wildman–Crippen LogP) is 12.2. The van der Waals surface area contributed by atoms with E-state index in [9.17, 15) is 0 Å². The van der Waals surface area contributed by atoms with Crippen LogP contribution in [0.1, 0.15) is 0 Å². The molecule has 0 amide bonds. The van der Waals surface area contributed by atoms with Crippen molar-refractivity contribution < 1.29 is 4.42 Å². The quantitative estimate of drug-likeness (QED) is 0.156. The van der Waals surface area contributed by atoms with E-state index in [-0.39, 0.29) is 0 Å². The average molecular weight is 652 g/mol. The fourth-order valence-corrected chi connectivity index (χ4v) is 10.2. The Labute approximate surface area is 288 Å². The Bertz CT molecular complexity index is 2110. The van der Waals surface area contributed by atoms with Crippen molar-refractivity contribution in [1.29, 1.82) is 0 Å². The van der Waals surface area contributed by atoms with Crippen molar-refractivity contribution in [3.05, 3.63) is 200 Å². The van der Waals surface area contributed by atoms with Gasteiger partial charge in [0, 0.05) is 47.8 Å². The third kappa shape index (κ3) is 5.81. The zero-order valence-corrected chi connectivity index (χ0v) is 27.5. The molecule has 0 saturated heterocycles. The molecule has 0 unspecified atom stereocenters. The van der Waals surface area contributed by atoms with Crippen molar-refractivity contribution in [3.8, 4) is 22.9 Å². The number of hydrogen-bond donors (Lipinski definition) is 0. The van der Waals surface area contributed by atoms with Gasteiger partial charge in [-0.15, -0.1) is 20.2 Å². The van der Waals surface area contributed by atoms with Gasteiger partial charge in [0.25, 0.3) is 0 Å². The van der Waals surface area contributed by atoms with Gasteiger partial charge < -0.3 is 9.32 Å². The number of hydrogen-bond acceptors (Lipinski definition) is 4. The van der Waals surface area contributed by atoms with Crippen LogP contribution in [-0.2, 0) is 0 Å². The lowest BCUT2D eigenvalue weighted by Gasteiger charge is -2.42. The second-order valence-electron chi connectivity index (χ2n) is 11.5. The largest absolute Gasteiger partial charge is 0.416 e. The van der Waals surface area contributed by atoms with Gasteiger partial charge in [-0.1, -0.05) is 91.0 Å². The van der Waals surface area contributed by atoms with Crippen LogP contribution < -0.4 is 4.90 Å². The molecular formula is C44H33N3OS. The highest BCUT2D eigenvalue weighted by atomic mass is 32.3. The second kappa shape index (κ2) is 13.5. The molecule has 49 heavy (non-hydrogen) atoms. The fourth-order valence-electron chi connectivity index (χ4n) is 6.30. The van der Waals surface area contributed by atoms with E-state index in [2.05, 4.69) is 191 Å². The van der Waals surface area contributed by atoms with Gasteiger partial charge in [0.05, 0.1) is 0 Å². The minimum Gasteiger partial charge on any atom is -0.416 e. The minimum absolute atomic E-state index is 0.481. The summed E-state index contributed by atoms with van der Waals surface area (Å²) < 4.78 is 6.28. The third-order valence-corrected chi connectivity index (χ3v) is 12.5. The van der Waals surface area contributed by atoms with Crippen LogP contribution in [0.2, 0.25) is 0 Å². The Morgan fingerprint density at radius 3 is 1.02 bits per heavy atom. The molecular weight excluding hydrogens is 619 g/mol. The standard InChI is InChI=1S/C44H33N3OS/c1-6-16-36(17-7-1)47(37-18-8-2-9-19-37)38-30-26-34(27-31-38)43-45-46-44(48-43)35-28-32-42(33-29-35)49(39-20-10-3-11-21-39,40-22-12-4-13-23-40)41-24-14-5-15-25-41/h1-33H. The Kier molecular flexibility index (Phi) is 8.32. The number of aromatic nitrogens is 2. The van der Waals surface area contributed by atoms with E-state index >= 15 is 0 Å². The number of anilines is 3. The molecule has 1 aromatic heterocycles. The highest BCUT2D eigenvalue weighted by Gasteiger charge is 2.33. The summed E-state index contributed by atoms with van der Waals surface area (Å²) in [5.74, 6) is 0.968. The van der Waals surface area contributed by atoms with Crippen LogP contribution in [0, 0.1) is 0 Å². The molecule has 0 spiro atoms. The summed E-state index contributed by atoms with van der Waals surface area (Å²) in [5.41, 5.74) is 4.95. The van der Waals surface area contributed by atoms with Gasteiger partial charge in [-0.25, -0.2) is 0 Å². The molecule has 0 saturated carbocycles. The minimum atomic E-state index is -1.77. The van der Waals surface area contributed by atoms with Crippen LogP contribution in [0.4, 0.5) is 17.1 Å². The molecule has 4 nitrogen and oxygen atoms in total. The summed E-state index contributed by atoms with van der Waals surface area (Å²) in [6.07, 6.45) is 0. The van der Waals surface area contributed by atoms with Crippen LogP contribution >= 0.6 is 10.0 Å². The molecule has 0 N–H and O–H groups in total. The van der Waals surface area contributed by atoms with Gasteiger partial charge in [-0.05, 0) is 109 Å². The molecule has 236 valence electrons. The fraction of sp³-hybridized carbons (Fsp3) is 0. The molecule has 7 aromatic carbocycles. The molecule has 0 aliphatic rings. The van der Waals surface area contributed by atoms with E-state index in [0.29, 0.717) is 11.8 Å². The van der Waals surface area contributed by atoms with E-state index in [4.69, 9.17) is 4.42 Å². The van der Waals surface area contributed by atoms with Crippen LogP contribution in [0.5, 0.6) is 0 Å². The van der Waals surface area contributed by atoms with E-state index in [0.717, 1.165) is 28.2 Å². The highest BCUT2D eigenvalue weighted by molar-refractivity contribution is 8.34. The van der Waals surface area contributed by atoms with Crippen LogP contribution in [0.15, 0.2) is 224 Å². The topological polar surface area (TPSA) is 42.2 Å². The molecule has 0 fully saturated rings. The number of nitrogens with zero attached hydrogens (tertiary/aromatic N) is 3. The number of benzene rings is 7. The SMILES string of the molecule is c1ccc(N(c2ccccc2)c2ccc(-c3nnc(-c4ccc(S(c5ccccc5)(c5ccccc5)c5ccccc5)cc4)o3)cc2)cc1. The van der Waals surface area contributed by atoms with Crippen molar-refractivity contribution >= 4 is 27.1 Å². The van der Waals surface area contributed by atoms with Crippen molar-refractivity contribution in [2.45, 2.75) is 19.6 Å². The maximum atomic E-state index is 6.28. The maximum Gasteiger partial charge on any atom is 0.248 e. The smallest absolute Gasteiger partial charge is 0.248 e. The first-order valence-electron chi connectivity index (χ1n) is 16.2. The summed E-state index contributed by atoms with van der Waals surface area (Å²) in [6, 6.07) is 70.1. The zero-order chi connectivity index (χ0) is 32.9. The molecule has 8 aromatic rings. The summed E-state index contributed by atoms with van der Waals surface area (Å²) in [4.78, 5) is 7.30. The maximum absolute atomic E-state index is 6.28.